The standard InChI is InChI=1S/C18H16BrClN2O2S/c1-10-8-14(19)9-11(2)18(10)25(23,24)22-16-7-5-13-4-6-15(20)12(3)17(13)21-16/h4-9H,1-3H3,(H,21,22). The fraction of sp³-hybridized carbons (Fsp3) is 0.167. The van der Waals surface area contributed by atoms with Gasteiger partial charge in [-0.2, -0.15) is 0 Å². The van der Waals surface area contributed by atoms with Crippen LogP contribution in [0.1, 0.15) is 16.7 Å². The minimum Gasteiger partial charge on any atom is -0.263 e. The van der Waals surface area contributed by atoms with Gasteiger partial charge in [0.25, 0.3) is 10.0 Å². The summed E-state index contributed by atoms with van der Waals surface area (Å²) in [6.45, 7) is 5.40. The average Bonchev–Trinajstić information content (AvgIpc) is 2.49. The summed E-state index contributed by atoms with van der Waals surface area (Å²) in [4.78, 5) is 4.70. The Labute approximate surface area is 160 Å². The zero-order chi connectivity index (χ0) is 18.4. The second kappa shape index (κ2) is 6.59. The molecule has 0 saturated heterocycles. The maximum Gasteiger partial charge on any atom is 0.263 e. The van der Waals surface area contributed by atoms with Crippen LogP contribution in [0.15, 0.2) is 45.8 Å². The predicted molar refractivity (Wildman–Crippen MR) is 106 cm³/mol. The van der Waals surface area contributed by atoms with E-state index in [1.54, 1.807) is 38.1 Å². The second-order valence-electron chi connectivity index (χ2n) is 5.91. The van der Waals surface area contributed by atoms with Crippen molar-refractivity contribution >= 4 is 54.3 Å². The van der Waals surface area contributed by atoms with Crippen LogP contribution >= 0.6 is 27.5 Å². The summed E-state index contributed by atoms with van der Waals surface area (Å²) in [6.07, 6.45) is 0. The second-order valence-corrected chi connectivity index (χ2v) is 8.86. The number of rotatable bonds is 3. The van der Waals surface area contributed by atoms with Crippen molar-refractivity contribution in [2.75, 3.05) is 4.72 Å². The largest absolute Gasteiger partial charge is 0.263 e. The average molecular weight is 440 g/mol. The monoisotopic (exact) mass is 438 g/mol. The maximum atomic E-state index is 12.9. The Morgan fingerprint density at radius 3 is 2.28 bits per heavy atom. The quantitative estimate of drug-likeness (QED) is 0.596. The summed E-state index contributed by atoms with van der Waals surface area (Å²) < 4.78 is 29.1. The molecule has 0 aliphatic carbocycles. The lowest BCUT2D eigenvalue weighted by molar-refractivity contribution is 0.600. The minimum atomic E-state index is -3.75. The number of pyridine rings is 1. The van der Waals surface area contributed by atoms with Gasteiger partial charge in [-0.15, -0.1) is 0 Å². The van der Waals surface area contributed by atoms with Crippen LogP contribution < -0.4 is 4.72 Å². The first-order chi connectivity index (χ1) is 11.7. The van der Waals surface area contributed by atoms with E-state index in [0.717, 1.165) is 15.4 Å². The first kappa shape index (κ1) is 18.2. The highest BCUT2D eigenvalue weighted by Gasteiger charge is 2.21. The summed E-state index contributed by atoms with van der Waals surface area (Å²) in [6, 6.07) is 10.7. The van der Waals surface area contributed by atoms with Gasteiger partial charge in [-0.1, -0.05) is 33.6 Å². The van der Waals surface area contributed by atoms with Crippen LogP contribution in [0, 0.1) is 20.8 Å². The summed E-state index contributed by atoms with van der Waals surface area (Å²) in [5, 5.41) is 1.50. The van der Waals surface area contributed by atoms with Crippen molar-refractivity contribution in [2.45, 2.75) is 25.7 Å². The third-order valence-corrected chi connectivity index (χ3v) is 6.51. The van der Waals surface area contributed by atoms with Gasteiger partial charge < -0.3 is 0 Å². The Morgan fingerprint density at radius 2 is 1.64 bits per heavy atom. The molecule has 0 radical (unpaired) electrons. The van der Waals surface area contributed by atoms with Gasteiger partial charge in [0.2, 0.25) is 0 Å². The van der Waals surface area contributed by atoms with Gasteiger partial charge in [0, 0.05) is 14.9 Å². The molecule has 0 amide bonds. The van der Waals surface area contributed by atoms with Crippen molar-refractivity contribution in [3.63, 3.8) is 0 Å². The van der Waals surface area contributed by atoms with Gasteiger partial charge in [0.05, 0.1) is 10.4 Å². The Kier molecular flexibility index (Phi) is 4.79. The minimum absolute atomic E-state index is 0.264. The molecule has 25 heavy (non-hydrogen) atoms. The highest BCUT2D eigenvalue weighted by atomic mass is 79.9. The molecule has 0 spiro atoms. The molecule has 7 heteroatoms. The summed E-state index contributed by atoms with van der Waals surface area (Å²) >= 11 is 9.52. The molecule has 1 N–H and O–H groups in total. The van der Waals surface area contributed by atoms with Crippen molar-refractivity contribution in [1.82, 2.24) is 4.98 Å². The van der Waals surface area contributed by atoms with Crippen molar-refractivity contribution < 1.29 is 8.42 Å². The van der Waals surface area contributed by atoms with Crippen molar-refractivity contribution in [2.24, 2.45) is 0 Å². The van der Waals surface area contributed by atoms with Gasteiger partial charge in [-0.3, -0.25) is 4.72 Å². The molecule has 1 aromatic heterocycles. The molecule has 0 saturated carbocycles. The van der Waals surface area contributed by atoms with Crippen LogP contribution in [0.5, 0.6) is 0 Å². The predicted octanol–water partition coefficient (Wildman–Crippen LogP) is 5.38. The molecule has 4 nitrogen and oxygen atoms in total. The van der Waals surface area contributed by atoms with Gasteiger partial charge >= 0.3 is 0 Å². The Bertz CT molecular complexity index is 1070. The third-order valence-electron chi connectivity index (χ3n) is 3.98. The molecule has 0 unspecified atom stereocenters. The SMILES string of the molecule is Cc1cc(Br)cc(C)c1S(=O)(=O)Nc1ccc2ccc(Cl)c(C)c2n1. The summed E-state index contributed by atoms with van der Waals surface area (Å²) in [5.41, 5.74) is 2.83. The molecule has 130 valence electrons. The highest BCUT2D eigenvalue weighted by molar-refractivity contribution is 9.10. The van der Waals surface area contributed by atoms with E-state index in [-0.39, 0.29) is 10.7 Å². The number of nitrogens with zero attached hydrogens (tertiary/aromatic N) is 1. The first-order valence-electron chi connectivity index (χ1n) is 7.54. The smallest absolute Gasteiger partial charge is 0.263 e. The summed E-state index contributed by atoms with van der Waals surface area (Å²) in [5.74, 6) is 0.264. The number of aromatic nitrogens is 1. The molecule has 0 aliphatic heterocycles. The number of nitrogens with one attached hydrogen (secondary N) is 1. The number of hydrogen-bond acceptors (Lipinski definition) is 3. The lowest BCUT2D eigenvalue weighted by atomic mass is 10.1. The van der Waals surface area contributed by atoms with Gasteiger partial charge in [-0.05, 0) is 67.8 Å². The fourth-order valence-corrected chi connectivity index (χ4v) is 5.17. The fourth-order valence-electron chi connectivity index (χ4n) is 2.87. The topological polar surface area (TPSA) is 59.1 Å². The molecule has 2 aromatic carbocycles. The molecule has 0 atom stereocenters. The molecule has 1 heterocycles. The Balaban J connectivity index is 2.07. The number of fused-ring (bicyclic) bond motifs is 1. The number of hydrogen-bond donors (Lipinski definition) is 1. The van der Waals surface area contributed by atoms with Crippen LogP contribution in [-0.2, 0) is 10.0 Å². The van der Waals surface area contributed by atoms with Crippen molar-refractivity contribution in [3.8, 4) is 0 Å². The van der Waals surface area contributed by atoms with E-state index >= 15 is 0 Å². The molecular formula is C18H16BrClN2O2S. The van der Waals surface area contributed by atoms with Crippen LogP contribution in [0.3, 0.4) is 0 Å². The van der Waals surface area contributed by atoms with Gasteiger partial charge in [0.15, 0.2) is 0 Å². The molecular weight excluding hydrogens is 424 g/mol. The Morgan fingerprint density at radius 1 is 1.04 bits per heavy atom. The number of sulfonamides is 1. The van der Waals surface area contributed by atoms with E-state index in [1.807, 2.05) is 19.1 Å². The first-order valence-corrected chi connectivity index (χ1v) is 10.2. The number of anilines is 1. The highest BCUT2D eigenvalue weighted by Crippen LogP contribution is 2.28. The lowest BCUT2D eigenvalue weighted by Gasteiger charge is -2.14. The molecule has 0 fully saturated rings. The van der Waals surface area contributed by atoms with E-state index < -0.39 is 10.0 Å². The van der Waals surface area contributed by atoms with Crippen molar-refractivity contribution in [3.05, 3.63) is 62.6 Å². The molecule has 0 aliphatic rings. The van der Waals surface area contributed by atoms with Crippen LogP contribution in [0.4, 0.5) is 5.82 Å². The zero-order valence-electron chi connectivity index (χ0n) is 13.9. The van der Waals surface area contributed by atoms with Crippen LogP contribution in [-0.4, -0.2) is 13.4 Å². The van der Waals surface area contributed by atoms with Crippen molar-refractivity contribution in [1.29, 1.82) is 0 Å². The number of aryl methyl sites for hydroxylation is 3. The van der Waals surface area contributed by atoms with E-state index in [4.69, 9.17) is 11.6 Å². The van der Waals surface area contributed by atoms with E-state index in [2.05, 4.69) is 25.6 Å². The zero-order valence-corrected chi connectivity index (χ0v) is 17.1. The van der Waals surface area contributed by atoms with E-state index in [1.165, 1.54) is 0 Å². The molecule has 0 bridgehead atoms. The number of benzene rings is 2. The normalized spacial score (nSPS) is 11.7. The van der Waals surface area contributed by atoms with Gasteiger partial charge in [-0.25, -0.2) is 13.4 Å². The van der Waals surface area contributed by atoms with E-state index in [0.29, 0.717) is 21.7 Å². The number of halogens is 2. The van der Waals surface area contributed by atoms with Crippen LogP contribution in [0.25, 0.3) is 10.9 Å². The van der Waals surface area contributed by atoms with E-state index in [9.17, 15) is 8.42 Å². The molecule has 3 rings (SSSR count). The Hall–Kier alpha value is -1.63. The lowest BCUT2D eigenvalue weighted by Crippen LogP contribution is -2.16. The maximum absolute atomic E-state index is 12.9. The third kappa shape index (κ3) is 3.52. The molecule has 3 aromatic rings. The summed E-state index contributed by atoms with van der Waals surface area (Å²) in [7, 11) is -3.75. The van der Waals surface area contributed by atoms with Gasteiger partial charge in [0.1, 0.15) is 5.82 Å². The van der Waals surface area contributed by atoms with Crippen LogP contribution in [0.2, 0.25) is 5.02 Å².